The summed E-state index contributed by atoms with van der Waals surface area (Å²) in [5, 5.41) is 0. The molecule has 0 fully saturated rings. The van der Waals surface area contributed by atoms with Crippen LogP contribution in [-0.2, 0) is 6.42 Å². The lowest BCUT2D eigenvalue weighted by Gasteiger charge is -2.30. The van der Waals surface area contributed by atoms with Crippen LogP contribution < -0.4 is 4.74 Å². The Morgan fingerprint density at radius 2 is 1.94 bits per heavy atom. The molecule has 0 atom stereocenters. The maximum absolute atomic E-state index is 6.03. The van der Waals surface area contributed by atoms with Crippen molar-refractivity contribution in [3.63, 3.8) is 0 Å². The molecule has 1 nitrogen and oxygen atoms in total. The van der Waals surface area contributed by atoms with Gasteiger partial charge in [0.1, 0.15) is 5.75 Å². The van der Waals surface area contributed by atoms with Gasteiger partial charge >= 0.3 is 0 Å². The molecule has 0 N–H and O–H groups in total. The topological polar surface area (TPSA) is 9.23 Å². The normalized spacial score (nSPS) is 11.3. The second-order valence-corrected chi connectivity index (χ2v) is 5.07. The van der Waals surface area contributed by atoms with Crippen molar-refractivity contribution in [3.8, 4) is 5.75 Å². The molecule has 0 unspecified atom stereocenters. The number of rotatable bonds is 8. The van der Waals surface area contributed by atoms with E-state index in [2.05, 4.69) is 39.1 Å². The van der Waals surface area contributed by atoms with Crippen molar-refractivity contribution in [2.45, 2.75) is 33.1 Å². The molecule has 0 saturated carbocycles. The molecule has 0 bridgehead atoms. The Kier molecular flexibility index (Phi) is 6.34. The van der Waals surface area contributed by atoms with Crippen LogP contribution in [0.1, 0.15) is 32.3 Å². The van der Waals surface area contributed by atoms with Crippen LogP contribution in [0.2, 0.25) is 0 Å². The standard InChI is InChI=1S/C16H24OS/c1-4-9-14-10-7-8-11-15(14)17-12-16(5-2,6-3)13-18/h4,7-8,10-11,18H,1,5-6,9,12-13H2,2-3H3. The SMILES string of the molecule is C=CCc1ccccc1OCC(CC)(CC)CS. The zero-order valence-electron chi connectivity index (χ0n) is 11.5. The molecule has 0 heterocycles. The summed E-state index contributed by atoms with van der Waals surface area (Å²) in [6.07, 6.45) is 4.95. The molecule has 18 heavy (non-hydrogen) atoms. The van der Waals surface area contributed by atoms with Crippen molar-refractivity contribution in [1.82, 2.24) is 0 Å². The monoisotopic (exact) mass is 264 g/mol. The average molecular weight is 264 g/mol. The molecule has 2 heteroatoms. The van der Waals surface area contributed by atoms with Crippen LogP contribution in [0, 0.1) is 5.41 Å². The summed E-state index contributed by atoms with van der Waals surface area (Å²) < 4.78 is 6.03. The van der Waals surface area contributed by atoms with Crippen LogP contribution in [0.15, 0.2) is 36.9 Å². The maximum Gasteiger partial charge on any atom is 0.122 e. The minimum absolute atomic E-state index is 0.185. The fraction of sp³-hybridized carbons (Fsp3) is 0.500. The molecule has 0 radical (unpaired) electrons. The molecule has 0 aliphatic heterocycles. The van der Waals surface area contributed by atoms with Gasteiger partial charge in [-0.25, -0.2) is 0 Å². The fourth-order valence-electron chi connectivity index (χ4n) is 1.92. The van der Waals surface area contributed by atoms with Gasteiger partial charge in [-0.2, -0.15) is 12.6 Å². The molecule has 0 aromatic heterocycles. The van der Waals surface area contributed by atoms with Crippen molar-refractivity contribution in [3.05, 3.63) is 42.5 Å². The van der Waals surface area contributed by atoms with E-state index in [1.54, 1.807) is 0 Å². The summed E-state index contributed by atoms with van der Waals surface area (Å²) in [5.41, 5.74) is 1.39. The van der Waals surface area contributed by atoms with Crippen molar-refractivity contribution in [1.29, 1.82) is 0 Å². The lowest BCUT2D eigenvalue weighted by atomic mass is 9.85. The molecule has 0 aliphatic rings. The number of para-hydroxylation sites is 1. The molecular weight excluding hydrogens is 240 g/mol. The summed E-state index contributed by atoms with van der Waals surface area (Å²) in [6, 6.07) is 8.18. The molecule has 1 aromatic carbocycles. The van der Waals surface area contributed by atoms with Gasteiger partial charge in [0.25, 0.3) is 0 Å². The van der Waals surface area contributed by atoms with Crippen LogP contribution in [0.3, 0.4) is 0 Å². The molecular formula is C16H24OS. The number of hydrogen-bond donors (Lipinski definition) is 1. The molecule has 1 rings (SSSR count). The zero-order valence-corrected chi connectivity index (χ0v) is 12.4. The first-order chi connectivity index (χ1) is 8.71. The third kappa shape index (κ3) is 3.81. The van der Waals surface area contributed by atoms with Gasteiger partial charge in [0.05, 0.1) is 6.61 Å². The minimum atomic E-state index is 0.185. The smallest absolute Gasteiger partial charge is 0.122 e. The van der Waals surface area contributed by atoms with E-state index >= 15 is 0 Å². The second-order valence-electron chi connectivity index (χ2n) is 4.75. The Balaban J connectivity index is 2.75. The lowest BCUT2D eigenvalue weighted by Crippen LogP contribution is -2.29. The summed E-state index contributed by atoms with van der Waals surface area (Å²) in [6.45, 7) is 8.93. The van der Waals surface area contributed by atoms with Crippen molar-refractivity contribution >= 4 is 12.6 Å². The Morgan fingerprint density at radius 1 is 1.28 bits per heavy atom. The fourth-order valence-corrected chi connectivity index (χ4v) is 2.46. The van der Waals surface area contributed by atoms with E-state index in [9.17, 15) is 0 Å². The summed E-state index contributed by atoms with van der Waals surface area (Å²) in [7, 11) is 0. The molecule has 0 saturated heterocycles. The zero-order chi connectivity index (χ0) is 13.4. The predicted molar refractivity (Wildman–Crippen MR) is 82.7 cm³/mol. The highest BCUT2D eigenvalue weighted by Crippen LogP contribution is 2.30. The van der Waals surface area contributed by atoms with E-state index in [0.29, 0.717) is 0 Å². The van der Waals surface area contributed by atoms with Crippen LogP contribution in [0.5, 0.6) is 5.75 Å². The first-order valence-corrected chi connectivity index (χ1v) is 7.27. The van der Waals surface area contributed by atoms with E-state index in [0.717, 1.165) is 37.4 Å². The van der Waals surface area contributed by atoms with E-state index < -0.39 is 0 Å². The van der Waals surface area contributed by atoms with E-state index in [4.69, 9.17) is 4.74 Å². The van der Waals surface area contributed by atoms with Crippen molar-refractivity contribution < 1.29 is 4.74 Å². The highest BCUT2D eigenvalue weighted by atomic mass is 32.1. The molecule has 0 aliphatic carbocycles. The van der Waals surface area contributed by atoms with Gasteiger partial charge in [0.15, 0.2) is 0 Å². The first-order valence-electron chi connectivity index (χ1n) is 6.63. The maximum atomic E-state index is 6.03. The first kappa shape index (κ1) is 15.2. The van der Waals surface area contributed by atoms with Gasteiger partial charge < -0.3 is 4.74 Å². The Hall–Kier alpha value is -0.890. The number of benzene rings is 1. The van der Waals surface area contributed by atoms with E-state index in [1.807, 2.05) is 24.3 Å². The van der Waals surface area contributed by atoms with E-state index in [1.165, 1.54) is 5.56 Å². The largest absolute Gasteiger partial charge is 0.493 e. The van der Waals surface area contributed by atoms with Gasteiger partial charge in [-0.3, -0.25) is 0 Å². The third-order valence-corrected chi connectivity index (χ3v) is 4.38. The molecule has 0 spiro atoms. The Morgan fingerprint density at radius 3 is 2.50 bits per heavy atom. The summed E-state index contributed by atoms with van der Waals surface area (Å²) in [5.74, 6) is 1.84. The van der Waals surface area contributed by atoms with Crippen molar-refractivity contribution in [2.24, 2.45) is 5.41 Å². The highest BCUT2D eigenvalue weighted by molar-refractivity contribution is 7.80. The highest BCUT2D eigenvalue weighted by Gasteiger charge is 2.25. The molecule has 100 valence electrons. The van der Waals surface area contributed by atoms with Crippen LogP contribution in [-0.4, -0.2) is 12.4 Å². The van der Waals surface area contributed by atoms with E-state index in [-0.39, 0.29) is 5.41 Å². The van der Waals surface area contributed by atoms with Gasteiger partial charge in [0.2, 0.25) is 0 Å². The van der Waals surface area contributed by atoms with Crippen LogP contribution in [0.4, 0.5) is 0 Å². The Bertz CT molecular complexity index is 361. The van der Waals surface area contributed by atoms with Crippen molar-refractivity contribution in [2.75, 3.05) is 12.4 Å². The lowest BCUT2D eigenvalue weighted by molar-refractivity contribution is 0.156. The quantitative estimate of drug-likeness (QED) is 0.536. The van der Waals surface area contributed by atoms with Gasteiger partial charge in [-0.15, -0.1) is 6.58 Å². The van der Waals surface area contributed by atoms with Gasteiger partial charge in [-0.05, 0) is 36.6 Å². The average Bonchev–Trinajstić information content (AvgIpc) is 2.43. The number of thiol groups is 1. The van der Waals surface area contributed by atoms with Crippen LogP contribution >= 0.6 is 12.6 Å². The molecule has 0 amide bonds. The summed E-state index contributed by atoms with van der Waals surface area (Å²) in [4.78, 5) is 0. The number of ether oxygens (including phenoxy) is 1. The third-order valence-electron chi connectivity index (χ3n) is 3.71. The van der Waals surface area contributed by atoms with Gasteiger partial charge in [0, 0.05) is 5.41 Å². The second kappa shape index (κ2) is 7.52. The Labute approximate surface area is 117 Å². The van der Waals surface area contributed by atoms with Crippen LogP contribution in [0.25, 0.3) is 0 Å². The predicted octanol–water partition coefficient (Wildman–Crippen LogP) is 4.53. The number of hydrogen-bond acceptors (Lipinski definition) is 2. The number of allylic oxidation sites excluding steroid dienone is 1. The van der Waals surface area contributed by atoms with Gasteiger partial charge in [-0.1, -0.05) is 38.1 Å². The minimum Gasteiger partial charge on any atom is -0.493 e. The molecule has 1 aromatic rings. The summed E-state index contributed by atoms with van der Waals surface area (Å²) >= 11 is 4.48.